The Balaban J connectivity index is 1.53. The number of nitrogens with one attached hydrogen (secondary N) is 1. The molecule has 6 nitrogen and oxygen atoms in total. The molecule has 0 bridgehead atoms. The molecular weight excluding hydrogens is 324 g/mol. The minimum absolute atomic E-state index is 0.0737. The molecule has 3 rings (SSSR count). The number of rotatable bonds is 4. The van der Waals surface area contributed by atoms with E-state index in [-0.39, 0.29) is 12.1 Å². The fourth-order valence-corrected chi connectivity index (χ4v) is 3.27. The van der Waals surface area contributed by atoms with Crippen LogP contribution >= 0.6 is 11.3 Å². The number of piperidine rings is 1. The van der Waals surface area contributed by atoms with E-state index in [4.69, 9.17) is 10.00 Å². The van der Waals surface area contributed by atoms with Gasteiger partial charge in [-0.15, -0.1) is 11.3 Å². The number of amides is 2. The first-order valence-corrected chi connectivity index (χ1v) is 8.70. The van der Waals surface area contributed by atoms with Gasteiger partial charge in [-0.3, -0.25) is 0 Å². The SMILES string of the molecule is N#Cc1ccnc(O[C@H]2CCCN(C(=O)NCc3cccs3)C2)c1. The molecule has 24 heavy (non-hydrogen) atoms. The lowest BCUT2D eigenvalue weighted by Gasteiger charge is -2.32. The maximum atomic E-state index is 12.3. The monoisotopic (exact) mass is 342 g/mol. The summed E-state index contributed by atoms with van der Waals surface area (Å²) in [5, 5.41) is 13.9. The molecule has 7 heteroatoms. The highest BCUT2D eigenvalue weighted by molar-refractivity contribution is 7.09. The molecule has 0 unspecified atom stereocenters. The van der Waals surface area contributed by atoms with Gasteiger partial charge in [0.2, 0.25) is 5.88 Å². The van der Waals surface area contributed by atoms with Gasteiger partial charge in [0.25, 0.3) is 0 Å². The van der Waals surface area contributed by atoms with Gasteiger partial charge in [-0.25, -0.2) is 9.78 Å². The Morgan fingerprint density at radius 2 is 2.46 bits per heavy atom. The molecule has 0 spiro atoms. The molecule has 124 valence electrons. The number of urea groups is 1. The van der Waals surface area contributed by atoms with Gasteiger partial charge < -0.3 is 15.0 Å². The third-order valence-electron chi connectivity index (χ3n) is 3.81. The summed E-state index contributed by atoms with van der Waals surface area (Å²) in [6, 6.07) is 9.22. The number of carbonyl (C=O) groups excluding carboxylic acids is 1. The molecule has 2 aromatic rings. The minimum Gasteiger partial charge on any atom is -0.472 e. The van der Waals surface area contributed by atoms with E-state index in [9.17, 15) is 4.79 Å². The second kappa shape index (κ2) is 7.79. The summed E-state index contributed by atoms with van der Waals surface area (Å²) in [6.07, 6.45) is 3.21. The van der Waals surface area contributed by atoms with Crippen LogP contribution in [0.5, 0.6) is 5.88 Å². The van der Waals surface area contributed by atoms with Crippen molar-refractivity contribution in [2.24, 2.45) is 0 Å². The Morgan fingerprint density at radius 3 is 3.25 bits per heavy atom. The number of likely N-dealkylation sites (tertiary alicyclic amines) is 1. The molecular formula is C17H18N4O2S. The number of ether oxygens (including phenoxy) is 1. The normalized spacial score (nSPS) is 17.1. The average molecular weight is 342 g/mol. The Kier molecular flexibility index (Phi) is 5.29. The number of nitriles is 1. The zero-order chi connectivity index (χ0) is 16.8. The van der Waals surface area contributed by atoms with Crippen LogP contribution in [-0.2, 0) is 6.54 Å². The molecule has 0 radical (unpaired) electrons. The summed E-state index contributed by atoms with van der Waals surface area (Å²) < 4.78 is 5.85. The molecule has 1 saturated heterocycles. The van der Waals surface area contributed by atoms with E-state index in [1.54, 1.807) is 34.6 Å². The van der Waals surface area contributed by atoms with Crippen molar-refractivity contribution in [1.29, 1.82) is 5.26 Å². The van der Waals surface area contributed by atoms with E-state index in [2.05, 4.69) is 16.4 Å². The second-order valence-corrected chi connectivity index (χ2v) is 6.59. The largest absolute Gasteiger partial charge is 0.472 e. The first-order valence-electron chi connectivity index (χ1n) is 7.82. The van der Waals surface area contributed by atoms with Gasteiger partial charge in [0.05, 0.1) is 24.7 Å². The number of hydrogen-bond acceptors (Lipinski definition) is 5. The Labute approximate surface area is 144 Å². The topological polar surface area (TPSA) is 78.2 Å². The Hall–Kier alpha value is -2.59. The molecule has 0 saturated carbocycles. The summed E-state index contributed by atoms with van der Waals surface area (Å²) in [6.45, 7) is 1.79. The predicted molar refractivity (Wildman–Crippen MR) is 90.7 cm³/mol. The first kappa shape index (κ1) is 16.3. The zero-order valence-electron chi connectivity index (χ0n) is 13.1. The Bertz CT molecular complexity index is 726. The minimum atomic E-state index is -0.104. The van der Waals surface area contributed by atoms with Crippen LogP contribution in [0.1, 0.15) is 23.3 Å². The number of hydrogen-bond donors (Lipinski definition) is 1. The molecule has 2 aromatic heterocycles. The summed E-state index contributed by atoms with van der Waals surface area (Å²) in [7, 11) is 0. The summed E-state index contributed by atoms with van der Waals surface area (Å²) in [4.78, 5) is 19.3. The first-order chi connectivity index (χ1) is 11.7. The quantitative estimate of drug-likeness (QED) is 0.927. The van der Waals surface area contributed by atoms with Gasteiger partial charge in [0, 0.05) is 23.7 Å². The van der Waals surface area contributed by atoms with Crippen molar-refractivity contribution < 1.29 is 9.53 Å². The summed E-state index contributed by atoms with van der Waals surface area (Å²) in [5.41, 5.74) is 0.515. The summed E-state index contributed by atoms with van der Waals surface area (Å²) >= 11 is 1.62. The standard InChI is InChI=1S/C17H18N4O2S/c18-10-13-5-6-19-16(9-13)23-14-3-1-7-21(12-14)17(22)20-11-15-4-2-8-24-15/h2,4-6,8-9,14H,1,3,7,11-12H2,(H,20,22)/t14-/m0/s1. The van der Waals surface area contributed by atoms with Crippen molar-refractivity contribution in [3.05, 3.63) is 46.3 Å². The number of carbonyl (C=O) groups is 1. The van der Waals surface area contributed by atoms with Crippen LogP contribution in [0.25, 0.3) is 0 Å². The lowest BCUT2D eigenvalue weighted by atomic mass is 10.1. The number of thiophene rings is 1. The van der Waals surface area contributed by atoms with E-state index >= 15 is 0 Å². The molecule has 1 aliphatic heterocycles. The highest BCUT2D eigenvalue weighted by Crippen LogP contribution is 2.18. The van der Waals surface area contributed by atoms with Crippen LogP contribution in [0.15, 0.2) is 35.8 Å². The van der Waals surface area contributed by atoms with Crippen molar-refractivity contribution in [2.75, 3.05) is 13.1 Å². The van der Waals surface area contributed by atoms with Gasteiger partial charge >= 0.3 is 6.03 Å². The second-order valence-electron chi connectivity index (χ2n) is 5.56. The van der Waals surface area contributed by atoms with E-state index in [0.29, 0.717) is 24.5 Å². The van der Waals surface area contributed by atoms with E-state index in [0.717, 1.165) is 24.3 Å². The number of pyridine rings is 1. The van der Waals surface area contributed by atoms with Gasteiger partial charge in [-0.2, -0.15) is 5.26 Å². The van der Waals surface area contributed by atoms with Gasteiger partial charge in [0.1, 0.15) is 6.10 Å². The fourth-order valence-electron chi connectivity index (χ4n) is 2.62. The van der Waals surface area contributed by atoms with Crippen LogP contribution in [0, 0.1) is 11.3 Å². The number of nitrogens with zero attached hydrogens (tertiary/aromatic N) is 3. The van der Waals surface area contributed by atoms with E-state index in [1.165, 1.54) is 0 Å². The van der Waals surface area contributed by atoms with Crippen LogP contribution in [0.3, 0.4) is 0 Å². The average Bonchev–Trinajstić information content (AvgIpc) is 3.13. The number of aromatic nitrogens is 1. The molecule has 0 aliphatic carbocycles. The molecule has 1 atom stereocenters. The van der Waals surface area contributed by atoms with Crippen LogP contribution in [-0.4, -0.2) is 35.1 Å². The molecule has 3 heterocycles. The zero-order valence-corrected chi connectivity index (χ0v) is 14.0. The van der Waals surface area contributed by atoms with Crippen molar-refractivity contribution in [2.45, 2.75) is 25.5 Å². The lowest BCUT2D eigenvalue weighted by Crippen LogP contribution is -2.48. The third kappa shape index (κ3) is 4.24. The van der Waals surface area contributed by atoms with Crippen LogP contribution in [0.2, 0.25) is 0 Å². The van der Waals surface area contributed by atoms with Crippen molar-refractivity contribution in [3.8, 4) is 11.9 Å². The van der Waals surface area contributed by atoms with Gasteiger partial charge in [-0.05, 0) is 30.4 Å². The molecule has 1 fully saturated rings. The van der Waals surface area contributed by atoms with Crippen LogP contribution in [0.4, 0.5) is 4.79 Å². The fraction of sp³-hybridized carbons (Fsp3) is 0.353. The highest BCUT2D eigenvalue weighted by atomic mass is 32.1. The van der Waals surface area contributed by atoms with Crippen molar-refractivity contribution >= 4 is 17.4 Å². The van der Waals surface area contributed by atoms with E-state index < -0.39 is 0 Å². The van der Waals surface area contributed by atoms with Gasteiger partial charge in [0.15, 0.2) is 0 Å². The Morgan fingerprint density at radius 1 is 1.54 bits per heavy atom. The molecule has 2 amide bonds. The third-order valence-corrected chi connectivity index (χ3v) is 4.69. The molecule has 0 aromatic carbocycles. The summed E-state index contributed by atoms with van der Waals surface area (Å²) in [5.74, 6) is 0.430. The highest BCUT2D eigenvalue weighted by Gasteiger charge is 2.25. The van der Waals surface area contributed by atoms with Crippen LogP contribution < -0.4 is 10.1 Å². The maximum Gasteiger partial charge on any atom is 0.317 e. The molecule has 1 aliphatic rings. The van der Waals surface area contributed by atoms with Gasteiger partial charge in [-0.1, -0.05) is 6.07 Å². The van der Waals surface area contributed by atoms with E-state index in [1.807, 2.05) is 17.5 Å². The molecule has 1 N–H and O–H groups in total. The van der Waals surface area contributed by atoms with Crippen molar-refractivity contribution in [1.82, 2.24) is 15.2 Å². The predicted octanol–water partition coefficient (Wildman–Crippen LogP) is 2.77. The smallest absolute Gasteiger partial charge is 0.317 e. The lowest BCUT2D eigenvalue weighted by molar-refractivity contribution is 0.0977. The maximum absolute atomic E-state index is 12.3. The van der Waals surface area contributed by atoms with Crippen molar-refractivity contribution in [3.63, 3.8) is 0 Å².